The van der Waals surface area contributed by atoms with Crippen LogP contribution in [-0.4, -0.2) is 4.98 Å². The summed E-state index contributed by atoms with van der Waals surface area (Å²) in [6, 6.07) is 6.67. The van der Waals surface area contributed by atoms with Gasteiger partial charge < -0.3 is 5.32 Å². The lowest BCUT2D eigenvalue weighted by atomic mass is 10.1. The van der Waals surface area contributed by atoms with Crippen LogP contribution in [0, 0.1) is 12.8 Å². The topological polar surface area (TPSA) is 24.9 Å². The Morgan fingerprint density at radius 1 is 1.44 bits per heavy atom. The zero-order valence-electron chi connectivity index (χ0n) is 10.2. The van der Waals surface area contributed by atoms with Crippen molar-refractivity contribution in [3.05, 3.63) is 45.4 Å². The van der Waals surface area contributed by atoms with Crippen LogP contribution < -0.4 is 5.32 Å². The third kappa shape index (κ3) is 2.38. The second kappa shape index (κ2) is 4.90. The molecular formula is C14H15ClN2S. The molecule has 2 heterocycles. The second-order valence-electron chi connectivity index (χ2n) is 4.77. The highest BCUT2D eigenvalue weighted by Gasteiger charge is 2.33. The summed E-state index contributed by atoms with van der Waals surface area (Å²) in [5.74, 6) is 0.735. The van der Waals surface area contributed by atoms with Crippen molar-refractivity contribution in [2.75, 3.05) is 5.32 Å². The molecule has 1 aliphatic carbocycles. The van der Waals surface area contributed by atoms with Crippen molar-refractivity contribution in [1.29, 1.82) is 0 Å². The van der Waals surface area contributed by atoms with E-state index >= 15 is 0 Å². The lowest BCUT2D eigenvalue weighted by Crippen LogP contribution is -2.13. The van der Waals surface area contributed by atoms with Crippen LogP contribution in [0.15, 0.2) is 29.8 Å². The number of pyridine rings is 1. The minimum absolute atomic E-state index is 0.380. The molecule has 2 aromatic rings. The van der Waals surface area contributed by atoms with Gasteiger partial charge in [-0.3, -0.25) is 0 Å². The molecule has 1 aliphatic rings. The maximum Gasteiger partial charge on any atom is 0.152 e. The van der Waals surface area contributed by atoms with Crippen LogP contribution >= 0.6 is 22.9 Å². The monoisotopic (exact) mass is 278 g/mol. The largest absolute Gasteiger partial charge is 0.374 e. The van der Waals surface area contributed by atoms with Gasteiger partial charge >= 0.3 is 0 Å². The Bertz CT molecular complexity index is 514. The fourth-order valence-corrected chi connectivity index (χ4v) is 3.30. The molecule has 1 fully saturated rings. The molecule has 0 radical (unpaired) electrons. The third-order valence-corrected chi connectivity index (χ3v) is 4.60. The Balaban J connectivity index is 1.89. The first-order valence-electron chi connectivity index (χ1n) is 6.17. The van der Waals surface area contributed by atoms with Crippen LogP contribution in [0.5, 0.6) is 0 Å². The number of anilines is 1. The second-order valence-corrected chi connectivity index (χ2v) is 6.11. The summed E-state index contributed by atoms with van der Waals surface area (Å²) < 4.78 is 0. The summed E-state index contributed by atoms with van der Waals surface area (Å²) in [6.45, 7) is 2.06. The van der Waals surface area contributed by atoms with Gasteiger partial charge in [0.1, 0.15) is 0 Å². The number of hydrogen-bond acceptors (Lipinski definition) is 3. The molecule has 94 valence electrons. The minimum Gasteiger partial charge on any atom is -0.374 e. The first-order valence-corrected chi connectivity index (χ1v) is 7.42. The normalized spacial score (nSPS) is 16.6. The third-order valence-electron chi connectivity index (χ3n) is 3.36. The maximum atomic E-state index is 6.19. The molecule has 0 aliphatic heterocycles. The van der Waals surface area contributed by atoms with E-state index in [1.54, 1.807) is 17.5 Å². The number of aryl methyl sites for hydroxylation is 1. The summed E-state index contributed by atoms with van der Waals surface area (Å²) in [4.78, 5) is 5.55. The fraction of sp³-hybridized carbons (Fsp3) is 0.357. The summed E-state index contributed by atoms with van der Waals surface area (Å²) in [6.07, 6.45) is 4.35. The van der Waals surface area contributed by atoms with Gasteiger partial charge in [0.15, 0.2) is 5.15 Å². The molecule has 1 N–H and O–H groups in total. The number of rotatable bonds is 4. The molecule has 0 spiro atoms. The van der Waals surface area contributed by atoms with Crippen molar-refractivity contribution in [3.63, 3.8) is 0 Å². The molecule has 0 bridgehead atoms. The van der Waals surface area contributed by atoms with E-state index in [0.717, 1.165) is 17.2 Å². The van der Waals surface area contributed by atoms with E-state index < -0.39 is 0 Å². The Labute approximate surface area is 116 Å². The fourth-order valence-electron chi connectivity index (χ4n) is 2.17. The Kier molecular flexibility index (Phi) is 3.27. The van der Waals surface area contributed by atoms with Crippen LogP contribution in [0.25, 0.3) is 0 Å². The van der Waals surface area contributed by atoms with E-state index in [-0.39, 0.29) is 0 Å². The van der Waals surface area contributed by atoms with Crippen molar-refractivity contribution < 1.29 is 0 Å². The van der Waals surface area contributed by atoms with Crippen LogP contribution in [-0.2, 0) is 0 Å². The van der Waals surface area contributed by atoms with Crippen molar-refractivity contribution in [1.82, 2.24) is 4.98 Å². The summed E-state index contributed by atoms with van der Waals surface area (Å²) in [5.41, 5.74) is 2.13. The molecule has 0 saturated heterocycles. The summed E-state index contributed by atoms with van der Waals surface area (Å²) >= 11 is 7.99. The predicted octanol–water partition coefficient (Wildman–Crippen LogP) is 4.67. The van der Waals surface area contributed by atoms with E-state index in [2.05, 4.69) is 34.7 Å². The van der Waals surface area contributed by atoms with E-state index in [0.29, 0.717) is 11.2 Å². The Morgan fingerprint density at radius 3 is 2.89 bits per heavy atom. The molecule has 0 amide bonds. The smallest absolute Gasteiger partial charge is 0.152 e. The van der Waals surface area contributed by atoms with Gasteiger partial charge in [0.2, 0.25) is 0 Å². The average Bonchev–Trinajstić information content (AvgIpc) is 3.04. The predicted molar refractivity (Wildman–Crippen MR) is 77.4 cm³/mol. The van der Waals surface area contributed by atoms with E-state index in [1.165, 1.54) is 17.7 Å². The highest BCUT2D eigenvalue weighted by atomic mass is 35.5. The lowest BCUT2D eigenvalue weighted by Gasteiger charge is -2.20. The molecule has 1 saturated carbocycles. The van der Waals surface area contributed by atoms with Gasteiger partial charge in [-0.25, -0.2) is 4.98 Å². The quantitative estimate of drug-likeness (QED) is 0.822. The Hall–Kier alpha value is -1.06. The molecule has 2 nitrogen and oxygen atoms in total. The number of aromatic nitrogens is 1. The zero-order valence-corrected chi connectivity index (χ0v) is 11.8. The van der Waals surface area contributed by atoms with Crippen LogP contribution in [0.1, 0.15) is 29.3 Å². The number of halogens is 1. The summed E-state index contributed by atoms with van der Waals surface area (Å²) in [5, 5.41) is 6.29. The van der Waals surface area contributed by atoms with Gasteiger partial charge in [-0.1, -0.05) is 17.7 Å². The number of nitrogens with one attached hydrogen (secondary N) is 1. The van der Waals surface area contributed by atoms with Gasteiger partial charge in [0.25, 0.3) is 0 Å². The van der Waals surface area contributed by atoms with Crippen LogP contribution in [0.2, 0.25) is 5.15 Å². The molecule has 4 heteroatoms. The molecule has 0 aromatic carbocycles. The molecule has 18 heavy (non-hydrogen) atoms. The SMILES string of the molecule is Cc1ccnc(Cl)c1NC(c1cccs1)C1CC1. The molecule has 1 atom stereocenters. The first kappa shape index (κ1) is 12.0. The van der Waals surface area contributed by atoms with Crippen molar-refractivity contribution in [2.45, 2.75) is 25.8 Å². The number of nitrogens with zero attached hydrogens (tertiary/aromatic N) is 1. The average molecular weight is 279 g/mol. The van der Waals surface area contributed by atoms with Gasteiger partial charge in [-0.05, 0) is 48.8 Å². The number of hydrogen-bond donors (Lipinski definition) is 1. The standard InChI is InChI=1S/C14H15ClN2S/c1-9-6-7-16-14(15)12(9)17-13(10-4-5-10)11-3-2-8-18-11/h2-3,6-8,10,13,17H,4-5H2,1H3. The lowest BCUT2D eigenvalue weighted by molar-refractivity contribution is 0.690. The van der Waals surface area contributed by atoms with Gasteiger partial charge in [0, 0.05) is 11.1 Å². The zero-order chi connectivity index (χ0) is 12.5. The maximum absolute atomic E-state index is 6.19. The van der Waals surface area contributed by atoms with Crippen molar-refractivity contribution >= 4 is 28.6 Å². The van der Waals surface area contributed by atoms with E-state index in [4.69, 9.17) is 11.6 Å². The molecule has 3 rings (SSSR count). The van der Waals surface area contributed by atoms with Crippen molar-refractivity contribution in [3.8, 4) is 0 Å². The first-order chi connectivity index (χ1) is 8.75. The number of thiophene rings is 1. The molecule has 2 aromatic heterocycles. The van der Waals surface area contributed by atoms with Gasteiger partial charge in [0.05, 0.1) is 11.7 Å². The van der Waals surface area contributed by atoms with Gasteiger partial charge in [-0.2, -0.15) is 0 Å². The van der Waals surface area contributed by atoms with Crippen LogP contribution in [0.4, 0.5) is 5.69 Å². The highest BCUT2D eigenvalue weighted by molar-refractivity contribution is 7.10. The van der Waals surface area contributed by atoms with E-state index in [1.807, 2.05) is 6.07 Å². The summed E-state index contributed by atoms with van der Waals surface area (Å²) in [7, 11) is 0. The Morgan fingerprint density at radius 2 is 2.28 bits per heavy atom. The minimum atomic E-state index is 0.380. The van der Waals surface area contributed by atoms with Crippen molar-refractivity contribution in [2.24, 2.45) is 5.92 Å². The molecule has 1 unspecified atom stereocenters. The van der Waals surface area contributed by atoms with Gasteiger partial charge in [-0.15, -0.1) is 11.3 Å². The highest BCUT2D eigenvalue weighted by Crippen LogP contribution is 2.45. The van der Waals surface area contributed by atoms with E-state index in [9.17, 15) is 0 Å². The molecular weight excluding hydrogens is 264 g/mol. The van der Waals surface area contributed by atoms with Crippen LogP contribution in [0.3, 0.4) is 0 Å².